The molecule has 15 heavy (non-hydrogen) atoms. The minimum Gasteiger partial charge on any atom is -0.355 e. The predicted octanol–water partition coefficient (Wildman–Crippen LogP) is 1.06. The fourth-order valence-corrected chi connectivity index (χ4v) is 2.08. The molecule has 0 radical (unpaired) electrons. The Kier molecular flexibility index (Phi) is 2.73. The molecule has 0 aliphatic carbocycles. The molecule has 0 spiro atoms. The van der Waals surface area contributed by atoms with Crippen LogP contribution in [0.5, 0.6) is 0 Å². The van der Waals surface area contributed by atoms with Crippen molar-refractivity contribution < 1.29 is 4.79 Å². The molecular weight excluding hydrogens is 188 g/mol. The molecule has 0 aromatic heterocycles. The van der Waals surface area contributed by atoms with E-state index in [2.05, 4.69) is 24.4 Å². The first-order chi connectivity index (χ1) is 7.20. The Labute approximate surface area is 89.7 Å². The van der Waals surface area contributed by atoms with Crippen molar-refractivity contribution in [3.63, 3.8) is 0 Å². The molecule has 0 bridgehead atoms. The van der Waals surface area contributed by atoms with Crippen LogP contribution in [0.3, 0.4) is 0 Å². The Morgan fingerprint density at radius 3 is 2.93 bits per heavy atom. The summed E-state index contributed by atoms with van der Waals surface area (Å²) < 4.78 is 0. The Bertz CT molecular complexity index is 387. The maximum atomic E-state index is 11.2. The molecular formula is C12H16N2O. The maximum Gasteiger partial charge on any atom is 0.220 e. The smallest absolute Gasteiger partial charge is 0.220 e. The van der Waals surface area contributed by atoms with Crippen molar-refractivity contribution in [3.8, 4) is 0 Å². The van der Waals surface area contributed by atoms with Crippen LogP contribution in [0.4, 0.5) is 0 Å². The summed E-state index contributed by atoms with van der Waals surface area (Å²) in [5.74, 6) is 0.474. The van der Waals surface area contributed by atoms with Gasteiger partial charge in [-0.1, -0.05) is 18.2 Å². The summed E-state index contributed by atoms with van der Waals surface area (Å²) in [4.78, 5) is 11.2. The fourth-order valence-electron chi connectivity index (χ4n) is 2.08. The van der Waals surface area contributed by atoms with Crippen LogP contribution in [0.25, 0.3) is 0 Å². The van der Waals surface area contributed by atoms with E-state index in [4.69, 9.17) is 5.73 Å². The Balaban J connectivity index is 2.30. The standard InChI is InChI=1S/C12H16N2O/c1-8-2-3-9(6-13)4-11(8)10-5-12(15)14-7-10/h2-4,10H,5-7,13H2,1H3,(H,14,15). The third-order valence-electron chi connectivity index (χ3n) is 3.00. The number of carbonyl (C=O) groups is 1. The molecule has 3 N–H and O–H groups in total. The first-order valence-electron chi connectivity index (χ1n) is 5.27. The van der Waals surface area contributed by atoms with E-state index in [0.717, 1.165) is 12.1 Å². The second-order valence-electron chi connectivity index (χ2n) is 4.10. The van der Waals surface area contributed by atoms with Crippen molar-refractivity contribution in [2.24, 2.45) is 5.73 Å². The summed E-state index contributed by atoms with van der Waals surface area (Å²) in [7, 11) is 0. The van der Waals surface area contributed by atoms with Crippen LogP contribution in [-0.2, 0) is 11.3 Å². The summed E-state index contributed by atoms with van der Waals surface area (Å²) >= 11 is 0. The van der Waals surface area contributed by atoms with Gasteiger partial charge in [-0.25, -0.2) is 0 Å². The number of aryl methyl sites for hydroxylation is 1. The van der Waals surface area contributed by atoms with Crippen LogP contribution < -0.4 is 11.1 Å². The molecule has 1 aromatic carbocycles. The van der Waals surface area contributed by atoms with Crippen molar-refractivity contribution in [2.45, 2.75) is 25.8 Å². The van der Waals surface area contributed by atoms with Crippen LogP contribution in [0.2, 0.25) is 0 Å². The molecule has 3 nitrogen and oxygen atoms in total. The quantitative estimate of drug-likeness (QED) is 0.756. The Morgan fingerprint density at radius 1 is 1.53 bits per heavy atom. The van der Waals surface area contributed by atoms with Gasteiger partial charge in [0.1, 0.15) is 0 Å². The van der Waals surface area contributed by atoms with Crippen molar-refractivity contribution in [2.75, 3.05) is 6.54 Å². The van der Waals surface area contributed by atoms with Crippen molar-refractivity contribution in [1.29, 1.82) is 0 Å². The lowest BCUT2D eigenvalue weighted by Crippen LogP contribution is -2.13. The zero-order chi connectivity index (χ0) is 10.8. The molecule has 1 unspecified atom stereocenters. The highest BCUT2D eigenvalue weighted by Gasteiger charge is 2.24. The van der Waals surface area contributed by atoms with Gasteiger partial charge in [0.05, 0.1) is 0 Å². The number of amides is 1. The monoisotopic (exact) mass is 204 g/mol. The number of nitrogens with two attached hydrogens (primary N) is 1. The van der Waals surface area contributed by atoms with Gasteiger partial charge in [0.15, 0.2) is 0 Å². The van der Waals surface area contributed by atoms with E-state index in [1.54, 1.807) is 0 Å². The summed E-state index contributed by atoms with van der Waals surface area (Å²) in [5.41, 5.74) is 9.25. The number of hydrogen-bond donors (Lipinski definition) is 2. The first-order valence-corrected chi connectivity index (χ1v) is 5.27. The summed E-state index contributed by atoms with van der Waals surface area (Å²) in [5, 5.41) is 2.86. The van der Waals surface area contributed by atoms with Gasteiger partial charge in [-0.2, -0.15) is 0 Å². The number of nitrogens with one attached hydrogen (secondary N) is 1. The van der Waals surface area contributed by atoms with E-state index in [0.29, 0.717) is 18.9 Å². The van der Waals surface area contributed by atoms with Gasteiger partial charge in [0.2, 0.25) is 5.91 Å². The average Bonchev–Trinajstić information content (AvgIpc) is 2.65. The van der Waals surface area contributed by atoms with E-state index in [-0.39, 0.29) is 5.91 Å². The molecule has 1 aliphatic rings. The van der Waals surface area contributed by atoms with E-state index >= 15 is 0 Å². The second kappa shape index (κ2) is 4.03. The zero-order valence-corrected chi connectivity index (χ0v) is 8.92. The van der Waals surface area contributed by atoms with Crippen molar-refractivity contribution in [3.05, 3.63) is 34.9 Å². The zero-order valence-electron chi connectivity index (χ0n) is 8.92. The molecule has 0 saturated carbocycles. The summed E-state index contributed by atoms with van der Waals surface area (Å²) in [6.45, 7) is 3.40. The van der Waals surface area contributed by atoms with Gasteiger partial charge >= 0.3 is 0 Å². The third kappa shape index (κ3) is 2.02. The highest BCUT2D eigenvalue weighted by atomic mass is 16.1. The van der Waals surface area contributed by atoms with E-state index < -0.39 is 0 Å². The molecule has 2 rings (SSSR count). The van der Waals surface area contributed by atoms with Crippen molar-refractivity contribution >= 4 is 5.91 Å². The molecule has 1 fully saturated rings. The molecule has 1 heterocycles. The SMILES string of the molecule is Cc1ccc(CN)cc1C1CNC(=O)C1. The molecule has 1 aromatic rings. The van der Waals surface area contributed by atoms with Crippen LogP contribution in [0.15, 0.2) is 18.2 Å². The van der Waals surface area contributed by atoms with Crippen LogP contribution >= 0.6 is 0 Å². The Hall–Kier alpha value is -1.35. The molecule has 1 amide bonds. The highest BCUT2D eigenvalue weighted by Crippen LogP contribution is 2.26. The van der Waals surface area contributed by atoms with Gasteiger partial charge in [0, 0.05) is 25.4 Å². The Morgan fingerprint density at radius 2 is 2.33 bits per heavy atom. The number of benzene rings is 1. The lowest BCUT2D eigenvalue weighted by atomic mass is 9.92. The number of rotatable bonds is 2. The minimum absolute atomic E-state index is 0.151. The molecule has 1 saturated heterocycles. The maximum absolute atomic E-state index is 11.2. The van der Waals surface area contributed by atoms with Gasteiger partial charge in [0.25, 0.3) is 0 Å². The normalized spacial score (nSPS) is 20.4. The lowest BCUT2D eigenvalue weighted by molar-refractivity contribution is -0.119. The van der Waals surface area contributed by atoms with Gasteiger partial charge < -0.3 is 11.1 Å². The topological polar surface area (TPSA) is 55.1 Å². The van der Waals surface area contributed by atoms with Gasteiger partial charge in [-0.05, 0) is 23.6 Å². The van der Waals surface area contributed by atoms with Crippen LogP contribution in [0.1, 0.15) is 29.0 Å². The van der Waals surface area contributed by atoms with Gasteiger partial charge in [-0.15, -0.1) is 0 Å². The second-order valence-corrected chi connectivity index (χ2v) is 4.10. The summed E-state index contributed by atoms with van der Waals surface area (Å²) in [6.07, 6.45) is 0.606. The number of carbonyl (C=O) groups excluding carboxylic acids is 1. The molecule has 3 heteroatoms. The van der Waals surface area contributed by atoms with Crippen molar-refractivity contribution in [1.82, 2.24) is 5.32 Å². The third-order valence-corrected chi connectivity index (χ3v) is 3.00. The predicted molar refractivity (Wildman–Crippen MR) is 59.4 cm³/mol. The largest absolute Gasteiger partial charge is 0.355 e. The lowest BCUT2D eigenvalue weighted by Gasteiger charge is -2.12. The van der Waals surface area contributed by atoms with Crippen LogP contribution in [-0.4, -0.2) is 12.5 Å². The average molecular weight is 204 g/mol. The summed E-state index contributed by atoms with van der Waals surface area (Å²) in [6, 6.07) is 6.25. The van der Waals surface area contributed by atoms with E-state index in [1.807, 2.05) is 6.07 Å². The van der Waals surface area contributed by atoms with E-state index in [1.165, 1.54) is 11.1 Å². The minimum atomic E-state index is 0.151. The van der Waals surface area contributed by atoms with Gasteiger partial charge in [-0.3, -0.25) is 4.79 Å². The van der Waals surface area contributed by atoms with Crippen LogP contribution in [0, 0.1) is 6.92 Å². The van der Waals surface area contributed by atoms with E-state index in [9.17, 15) is 4.79 Å². The number of hydrogen-bond acceptors (Lipinski definition) is 2. The fraction of sp³-hybridized carbons (Fsp3) is 0.417. The molecule has 1 atom stereocenters. The first kappa shape index (κ1) is 10.2. The highest BCUT2D eigenvalue weighted by molar-refractivity contribution is 5.79. The molecule has 80 valence electrons. The molecule has 1 aliphatic heterocycles.